The number of piperidine rings is 1. The third kappa shape index (κ3) is 3.26. The molecule has 4 aliphatic heterocycles. The van der Waals surface area contributed by atoms with E-state index in [0.717, 1.165) is 41.9 Å². The Morgan fingerprint density at radius 1 is 1.35 bits per heavy atom. The minimum atomic E-state index is -0.699. The number of ether oxygens (including phenoxy) is 1. The van der Waals surface area contributed by atoms with E-state index >= 15 is 0 Å². The zero-order valence-corrected chi connectivity index (χ0v) is 17.4. The van der Waals surface area contributed by atoms with Gasteiger partial charge in [-0.05, 0) is 24.5 Å². The molecule has 0 saturated carbocycles. The molecule has 3 saturated heterocycles. The van der Waals surface area contributed by atoms with Crippen LogP contribution in [-0.4, -0.2) is 53.7 Å². The fraction of sp³-hybridized carbons (Fsp3) is 0.381. The van der Waals surface area contributed by atoms with Crippen LogP contribution in [0, 0.1) is 5.95 Å². The van der Waals surface area contributed by atoms with Gasteiger partial charge in [0.05, 0.1) is 17.9 Å². The topological polar surface area (TPSA) is 105 Å². The number of nitrogen functional groups attached to an aromatic ring is 1. The van der Waals surface area contributed by atoms with Crippen LogP contribution in [0.25, 0.3) is 10.3 Å². The van der Waals surface area contributed by atoms with Gasteiger partial charge in [0.2, 0.25) is 5.95 Å². The molecule has 2 unspecified atom stereocenters. The normalized spacial score (nSPS) is 24.3. The first-order chi connectivity index (χ1) is 15.0. The number of anilines is 2. The molecule has 160 valence electrons. The lowest BCUT2D eigenvalue weighted by atomic mass is 9.91. The van der Waals surface area contributed by atoms with Crippen molar-refractivity contribution in [2.24, 2.45) is 0 Å². The van der Waals surface area contributed by atoms with Crippen molar-refractivity contribution in [2.75, 3.05) is 30.3 Å². The molecule has 3 fully saturated rings. The smallest absolute Gasteiger partial charge is 0.263 e. The number of carbonyl (C=O) groups excluding carboxylic acids is 1. The minimum Gasteiger partial charge on any atom is -0.491 e. The van der Waals surface area contributed by atoms with Crippen molar-refractivity contribution in [3.63, 3.8) is 0 Å². The first-order valence-electron chi connectivity index (χ1n) is 10.3. The molecule has 7 rings (SSSR count). The summed E-state index contributed by atoms with van der Waals surface area (Å²) in [6, 6.07) is 7.33. The third-order valence-electron chi connectivity index (χ3n) is 6.20. The van der Waals surface area contributed by atoms with Crippen LogP contribution in [-0.2, 0) is 6.42 Å². The number of piperazine rings is 1. The second-order valence-corrected chi connectivity index (χ2v) is 9.37. The van der Waals surface area contributed by atoms with Gasteiger partial charge < -0.3 is 26.0 Å². The number of thiophene rings is 1. The van der Waals surface area contributed by atoms with E-state index < -0.39 is 5.95 Å². The summed E-state index contributed by atoms with van der Waals surface area (Å²) in [5.41, 5.74) is 8.87. The molecule has 10 heteroatoms. The average molecular weight is 441 g/mol. The van der Waals surface area contributed by atoms with Gasteiger partial charge in [-0.3, -0.25) is 4.79 Å². The van der Waals surface area contributed by atoms with E-state index in [2.05, 4.69) is 43.7 Å². The van der Waals surface area contributed by atoms with Crippen LogP contribution >= 0.6 is 11.3 Å². The summed E-state index contributed by atoms with van der Waals surface area (Å²) in [6.07, 6.45) is 2.94. The van der Waals surface area contributed by atoms with E-state index in [-0.39, 0.29) is 17.6 Å². The molecular weight excluding hydrogens is 419 g/mol. The van der Waals surface area contributed by atoms with E-state index in [0.29, 0.717) is 40.3 Å². The Balaban J connectivity index is 1.16. The number of aromatic nitrogens is 2. The maximum Gasteiger partial charge on any atom is 0.263 e. The molecule has 1 aromatic carbocycles. The fourth-order valence-electron chi connectivity index (χ4n) is 4.66. The molecule has 4 N–H and O–H groups in total. The molecule has 0 radical (unpaired) electrons. The number of hydrogen-bond donors (Lipinski definition) is 3. The van der Waals surface area contributed by atoms with Crippen molar-refractivity contribution >= 4 is 39.0 Å². The fourth-order valence-corrected chi connectivity index (χ4v) is 5.60. The predicted molar refractivity (Wildman–Crippen MR) is 116 cm³/mol. The molecule has 6 heterocycles. The number of halogens is 1. The van der Waals surface area contributed by atoms with Gasteiger partial charge in [-0.2, -0.15) is 4.39 Å². The standard InChI is InChI=1S/C21H21FN6O2S/c22-16-6-24-18-17(23)19(31-21(18)27-16)20(29)26-13-3-10-1-2-14(5-15(10)30-9-13)28-7-11-4-12(8-28)25-11/h1-2,5-6,11-13,25H,3-4,7-9,23H2,(H,26,29)/t11?,12?,13-/m1/s1. The van der Waals surface area contributed by atoms with Gasteiger partial charge >= 0.3 is 0 Å². The summed E-state index contributed by atoms with van der Waals surface area (Å²) >= 11 is 1.04. The number of nitrogens with one attached hydrogen (secondary N) is 2. The Hall–Kier alpha value is -2.98. The average Bonchev–Trinajstić information content (AvgIpc) is 3.08. The first-order valence-corrected chi connectivity index (χ1v) is 11.1. The monoisotopic (exact) mass is 440 g/mol. The molecular formula is C21H21FN6O2S. The molecule has 3 aromatic rings. The first kappa shape index (κ1) is 18.8. The molecule has 0 aliphatic carbocycles. The van der Waals surface area contributed by atoms with Crippen LogP contribution in [0.3, 0.4) is 0 Å². The van der Waals surface area contributed by atoms with E-state index in [1.54, 1.807) is 0 Å². The highest BCUT2D eigenvalue weighted by molar-refractivity contribution is 7.21. The molecule has 0 spiro atoms. The van der Waals surface area contributed by atoms with Crippen LogP contribution in [0.2, 0.25) is 0 Å². The number of benzene rings is 1. The summed E-state index contributed by atoms with van der Waals surface area (Å²) < 4.78 is 19.3. The van der Waals surface area contributed by atoms with Crippen LogP contribution in [0.1, 0.15) is 21.7 Å². The van der Waals surface area contributed by atoms with Crippen LogP contribution in [0.4, 0.5) is 15.8 Å². The van der Waals surface area contributed by atoms with E-state index in [4.69, 9.17) is 10.5 Å². The molecule has 31 heavy (non-hydrogen) atoms. The summed E-state index contributed by atoms with van der Waals surface area (Å²) in [5.74, 6) is -0.146. The Labute approximate surface area is 181 Å². The molecule has 8 nitrogen and oxygen atoms in total. The third-order valence-corrected chi connectivity index (χ3v) is 7.28. The van der Waals surface area contributed by atoms with Gasteiger partial charge in [0.25, 0.3) is 5.91 Å². The number of fused-ring (bicyclic) bond motifs is 4. The summed E-state index contributed by atoms with van der Waals surface area (Å²) in [4.78, 5) is 23.5. The summed E-state index contributed by atoms with van der Waals surface area (Å²) in [5, 5.41) is 6.53. The van der Waals surface area contributed by atoms with Crippen molar-refractivity contribution in [1.29, 1.82) is 0 Å². The van der Waals surface area contributed by atoms with Crippen molar-refractivity contribution in [2.45, 2.75) is 31.0 Å². The van der Waals surface area contributed by atoms with Gasteiger partial charge in [0, 0.05) is 36.9 Å². The highest BCUT2D eigenvalue weighted by atomic mass is 32.1. The highest BCUT2D eigenvalue weighted by Gasteiger charge is 2.36. The van der Waals surface area contributed by atoms with Crippen LogP contribution in [0.15, 0.2) is 24.4 Å². The molecule has 2 aromatic heterocycles. The molecule has 3 atom stereocenters. The quantitative estimate of drug-likeness (QED) is 0.569. The number of amides is 1. The molecule has 2 bridgehead atoms. The summed E-state index contributed by atoms with van der Waals surface area (Å²) in [6.45, 7) is 2.43. The molecule has 1 amide bonds. The number of hydrogen-bond acceptors (Lipinski definition) is 8. The number of rotatable bonds is 3. The van der Waals surface area contributed by atoms with Crippen LogP contribution in [0.5, 0.6) is 5.75 Å². The second kappa shape index (κ2) is 7.03. The highest BCUT2D eigenvalue weighted by Crippen LogP contribution is 2.34. The van der Waals surface area contributed by atoms with Gasteiger partial charge in [0.1, 0.15) is 27.6 Å². The maximum absolute atomic E-state index is 13.3. The minimum absolute atomic E-state index is 0.181. The SMILES string of the molecule is Nc1c(C(=O)N[C@H]2COc3cc(N4CC5CC(C4)N5)ccc3C2)sc2nc(F)cnc12. The predicted octanol–water partition coefficient (Wildman–Crippen LogP) is 1.70. The zero-order valence-electron chi connectivity index (χ0n) is 16.6. The van der Waals surface area contributed by atoms with E-state index in [9.17, 15) is 9.18 Å². The Bertz CT molecular complexity index is 1180. The zero-order chi connectivity index (χ0) is 21.1. The van der Waals surface area contributed by atoms with Crippen molar-refractivity contribution in [3.05, 3.63) is 40.8 Å². The number of nitrogens with zero attached hydrogens (tertiary/aromatic N) is 3. The Morgan fingerprint density at radius 2 is 2.16 bits per heavy atom. The number of carbonyl (C=O) groups is 1. The lowest BCUT2D eigenvalue weighted by molar-refractivity contribution is 0.0920. The lowest BCUT2D eigenvalue weighted by Crippen LogP contribution is -2.67. The lowest BCUT2D eigenvalue weighted by Gasteiger charge is -2.49. The van der Waals surface area contributed by atoms with E-state index in [1.165, 1.54) is 12.1 Å². The largest absolute Gasteiger partial charge is 0.491 e. The van der Waals surface area contributed by atoms with Gasteiger partial charge in [-0.1, -0.05) is 6.07 Å². The maximum atomic E-state index is 13.3. The summed E-state index contributed by atoms with van der Waals surface area (Å²) in [7, 11) is 0. The van der Waals surface area contributed by atoms with Crippen molar-refractivity contribution < 1.29 is 13.9 Å². The van der Waals surface area contributed by atoms with Crippen molar-refractivity contribution in [1.82, 2.24) is 20.6 Å². The van der Waals surface area contributed by atoms with Gasteiger partial charge in [0.15, 0.2) is 0 Å². The van der Waals surface area contributed by atoms with E-state index in [1.807, 2.05) is 0 Å². The van der Waals surface area contributed by atoms with Crippen LogP contribution < -0.4 is 26.0 Å². The van der Waals surface area contributed by atoms with Crippen molar-refractivity contribution in [3.8, 4) is 5.75 Å². The Kier molecular flexibility index (Phi) is 4.25. The molecule has 4 aliphatic rings. The Morgan fingerprint density at radius 3 is 2.97 bits per heavy atom. The van der Waals surface area contributed by atoms with Gasteiger partial charge in [-0.25, -0.2) is 9.97 Å². The van der Waals surface area contributed by atoms with Gasteiger partial charge in [-0.15, -0.1) is 11.3 Å². The number of nitrogens with two attached hydrogens (primary N) is 1. The second-order valence-electron chi connectivity index (χ2n) is 8.37.